The molecule has 0 bridgehead atoms. The van der Waals surface area contributed by atoms with E-state index >= 15 is 0 Å². The smallest absolute Gasteiger partial charge is 0.129 e. The van der Waals surface area contributed by atoms with E-state index in [0.717, 1.165) is 12.3 Å². The minimum Gasteiger partial charge on any atom is -0.496 e. The summed E-state index contributed by atoms with van der Waals surface area (Å²) in [5.74, 6) is 1.68. The normalized spacial score (nSPS) is 13.1. The lowest BCUT2D eigenvalue weighted by molar-refractivity contribution is 0.413. The summed E-state index contributed by atoms with van der Waals surface area (Å²) in [7, 11) is 1.72. The van der Waals surface area contributed by atoms with Crippen LogP contribution in [-0.4, -0.2) is 13.7 Å². The molecule has 0 saturated heterocycles. The predicted octanol–water partition coefficient (Wildman–Crippen LogP) is 3.45. The first-order valence-electron chi connectivity index (χ1n) is 5.53. The molecule has 1 unspecified atom stereocenters. The van der Waals surface area contributed by atoms with Crippen molar-refractivity contribution in [1.29, 1.82) is 0 Å². The Kier molecular flexibility index (Phi) is 5.12. The fourth-order valence-corrected chi connectivity index (χ4v) is 2.59. The van der Waals surface area contributed by atoms with Crippen LogP contribution >= 0.6 is 11.3 Å². The molecule has 0 saturated carbocycles. The van der Waals surface area contributed by atoms with Gasteiger partial charge in [0.2, 0.25) is 0 Å². The van der Waals surface area contributed by atoms with Gasteiger partial charge >= 0.3 is 0 Å². The van der Waals surface area contributed by atoms with Crippen LogP contribution in [0.4, 0.5) is 0 Å². The van der Waals surface area contributed by atoms with E-state index in [4.69, 9.17) is 4.74 Å². The summed E-state index contributed by atoms with van der Waals surface area (Å²) in [4.78, 5) is 1.38. The lowest BCUT2D eigenvalue weighted by atomic mass is 10.0. The number of hydrogen-bond acceptors (Lipinski definition) is 3. The van der Waals surface area contributed by atoms with Crippen LogP contribution < -0.4 is 10.1 Å². The lowest BCUT2D eigenvalue weighted by Gasteiger charge is -2.18. The van der Waals surface area contributed by atoms with Crippen molar-refractivity contribution < 1.29 is 4.74 Å². The molecule has 0 radical (unpaired) electrons. The Bertz CT molecular complexity index is 283. The van der Waals surface area contributed by atoms with Gasteiger partial charge in [0.25, 0.3) is 0 Å². The fraction of sp³-hybridized carbons (Fsp3) is 0.667. The third kappa shape index (κ3) is 3.84. The van der Waals surface area contributed by atoms with Crippen LogP contribution in [0.1, 0.15) is 38.1 Å². The summed E-state index contributed by atoms with van der Waals surface area (Å²) in [5, 5.41) is 5.59. The van der Waals surface area contributed by atoms with E-state index in [0.29, 0.717) is 12.0 Å². The number of ether oxygens (including phenoxy) is 1. The molecule has 2 nitrogen and oxygen atoms in total. The maximum absolute atomic E-state index is 5.21. The van der Waals surface area contributed by atoms with Gasteiger partial charge in [0.15, 0.2) is 0 Å². The summed E-state index contributed by atoms with van der Waals surface area (Å²) >= 11 is 1.78. The van der Waals surface area contributed by atoms with E-state index in [1.54, 1.807) is 18.4 Å². The molecule has 15 heavy (non-hydrogen) atoms. The second-order valence-corrected chi connectivity index (χ2v) is 5.07. The summed E-state index contributed by atoms with van der Waals surface area (Å²) in [6.07, 6.45) is 1.18. The summed E-state index contributed by atoms with van der Waals surface area (Å²) in [5.41, 5.74) is 0. The Balaban J connectivity index is 2.69. The standard InChI is InChI=1S/C12H21NOS/c1-5-13-11(6-9(2)3)12-7-10(14-4)8-15-12/h7-9,11,13H,5-6H2,1-4H3. The average molecular weight is 227 g/mol. The van der Waals surface area contributed by atoms with Crippen LogP contribution in [0.25, 0.3) is 0 Å². The summed E-state index contributed by atoms with van der Waals surface area (Å²) < 4.78 is 5.21. The number of methoxy groups -OCH3 is 1. The highest BCUT2D eigenvalue weighted by Gasteiger charge is 2.14. The van der Waals surface area contributed by atoms with Crippen LogP contribution in [0.5, 0.6) is 5.75 Å². The molecule has 1 atom stereocenters. The van der Waals surface area contributed by atoms with Gasteiger partial charge < -0.3 is 10.1 Å². The summed E-state index contributed by atoms with van der Waals surface area (Å²) in [6.45, 7) is 7.68. The molecule has 1 N–H and O–H groups in total. The highest BCUT2D eigenvalue weighted by atomic mass is 32.1. The second-order valence-electron chi connectivity index (χ2n) is 4.13. The molecule has 1 aromatic rings. The molecule has 0 aliphatic carbocycles. The first kappa shape index (κ1) is 12.5. The van der Waals surface area contributed by atoms with E-state index in [1.807, 2.05) is 0 Å². The van der Waals surface area contributed by atoms with E-state index in [2.05, 4.69) is 37.5 Å². The molecule has 0 amide bonds. The van der Waals surface area contributed by atoms with Crippen molar-refractivity contribution in [3.05, 3.63) is 16.3 Å². The van der Waals surface area contributed by atoms with Gasteiger partial charge in [-0.25, -0.2) is 0 Å². The maximum Gasteiger partial charge on any atom is 0.129 e. The molecule has 1 rings (SSSR count). The first-order chi connectivity index (χ1) is 7.17. The zero-order chi connectivity index (χ0) is 11.3. The molecule has 1 aromatic heterocycles. The van der Waals surface area contributed by atoms with Crippen molar-refractivity contribution in [3.63, 3.8) is 0 Å². The van der Waals surface area contributed by atoms with Crippen LogP contribution in [-0.2, 0) is 0 Å². The molecule has 0 aromatic carbocycles. The van der Waals surface area contributed by atoms with E-state index in [-0.39, 0.29) is 0 Å². The lowest BCUT2D eigenvalue weighted by Crippen LogP contribution is -2.21. The van der Waals surface area contributed by atoms with Crippen molar-refractivity contribution in [2.24, 2.45) is 5.92 Å². The van der Waals surface area contributed by atoms with Crippen molar-refractivity contribution in [3.8, 4) is 5.75 Å². The van der Waals surface area contributed by atoms with Gasteiger partial charge in [-0.3, -0.25) is 0 Å². The molecule has 0 aliphatic heterocycles. The molecule has 1 heterocycles. The third-order valence-electron chi connectivity index (χ3n) is 2.33. The Morgan fingerprint density at radius 3 is 2.67 bits per heavy atom. The third-order valence-corrected chi connectivity index (χ3v) is 3.36. The minimum atomic E-state index is 0.476. The topological polar surface area (TPSA) is 21.3 Å². The van der Waals surface area contributed by atoms with Gasteiger partial charge in [-0.2, -0.15) is 0 Å². The van der Waals surface area contributed by atoms with Gasteiger partial charge in [0.1, 0.15) is 5.75 Å². The predicted molar refractivity (Wildman–Crippen MR) is 66.7 cm³/mol. The van der Waals surface area contributed by atoms with Crippen molar-refractivity contribution in [2.45, 2.75) is 33.2 Å². The Hall–Kier alpha value is -0.540. The van der Waals surface area contributed by atoms with E-state index < -0.39 is 0 Å². The Morgan fingerprint density at radius 1 is 1.47 bits per heavy atom. The van der Waals surface area contributed by atoms with Crippen molar-refractivity contribution in [2.75, 3.05) is 13.7 Å². The average Bonchev–Trinajstić information content (AvgIpc) is 2.64. The highest BCUT2D eigenvalue weighted by Crippen LogP contribution is 2.30. The van der Waals surface area contributed by atoms with Gasteiger partial charge in [0, 0.05) is 16.3 Å². The van der Waals surface area contributed by atoms with Gasteiger partial charge in [-0.1, -0.05) is 20.8 Å². The summed E-state index contributed by atoms with van der Waals surface area (Å²) in [6, 6.07) is 2.62. The SMILES string of the molecule is CCNC(CC(C)C)c1cc(OC)cs1. The molecular weight excluding hydrogens is 206 g/mol. The fourth-order valence-electron chi connectivity index (χ4n) is 1.64. The van der Waals surface area contributed by atoms with Crippen molar-refractivity contribution >= 4 is 11.3 Å². The second kappa shape index (κ2) is 6.13. The number of thiophene rings is 1. The monoisotopic (exact) mass is 227 g/mol. The molecule has 0 aliphatic rings. The zero-order valence-electron chi connectivity index (χ0n) is 10.0. The largest absolute Gasteiger partial charge is 0.496 e. The molecule has 86 valence electrons. The molecule has 3 heteroatoms. The van der Waals surface area contributed by atoms with Crippen molar-refractivity contribution in [1.82, 2.24) is 5.32 Å². The highest BCUT2D eigenvalue weighted by molar-refractivity contribution is 7.10. The van der Waals surface area contributed by atoms with Crippen LogP contribution in [0.3, 0.4) is 0 Å². The number of rotatable bonds is 6. The first-order valence-corrected chi connectivity index (χ1v) is 6.41. The van der Waals surface area contributed by atoms with E-state index in [1.165, 1.54) is 11.3 Å². The molecule has 0 fully saturated rings. The number of hydrogen-bond donors (Lipinski definition) is 1. The van der Waals surface area contributed by atoms with Crippen LogP contribution in [0.2, 0.25) is 0 Å². The quantitative estimate of drug-likeness (QED) is 0.803. The van der Waals surface area contributed by atoms with E-state index in [9.17, 15) is 0 Å². The van der Waals surface area contributed by atoms with Crippen LogP contribution in [0.15, 0.2) is 11.4 Å². The molecule has 0 spiro atoms. The zero-order valence-corrected chi connectivity index (χ0v) is 10.9. The Morgan fingerprint density at radius 2 is 2.20 bits per heavy atom. The Labute approximate surface area is 96.7 Å². The maximum atomic E-state index is 5.21. The van der Waals surface area contributed by atoms with Gasteiger partial charge in [-0.15, -0.1) is 11.3 Å². The van der Waals surface area contributed by atoms with Gasteiger partial charge in [-0.05, 0) is 24.9 Å². The minimum absolute atomic E-state index is 0.476. The van der Waals surface area contributed by atoms with Crippen LogP contribution in [0, 0.1) is 5.92 Å². The number of nitrogens with one attached hydrogen (secondary N) is 1. The van der Waals surface area contributed by atoms with Gasteiger partial charge in [0.05, 0.1) is 7.11 Å². The molecular formula is C12H21NOS.